The lowest BCUT2D eigenvalue weighted by Crippen LogP contribution is -2.09. The van der Waals surface area contributed by atoms with Crippen LogP contribution in [0.2, 0.25) is 0 Å². The van der Waals surface area contributed by atoms with E-state index in [1.165, 1.54) is 12.1 Å². The van der Waals surface area contributed by atoms with Crippen LogP contribution in [0.1, 0.15) is 5.56 Å². The number of hydrogen-bond donors (Lipinski definition) is 0. The number of benzene rings is 1. The molecule has 0 aliphatic rings. The molecule has 0 aliphatic carbocycles. The van der Waals surface area contributed by atoms with E-state index in [1.807, 2.05) is 0 Å². The number of alkyl halides is 5. The van der Waals surface area contributed by atoms with Crippen molar-refractivity contribution in [3.05, 3.63) is 47.9 Å². The van der Waals surface area contributed by atoms with Crippen LogP contribution in [-0.4, -0.2) is 11.6 Å². The van der Waals surface area contributed by atoms with Crippen molar-refractivity contribution in [3.8, 4) is 17.0 Å². The molecule has 0 aliphatic heterocycles. The van der Waals surface area contributed by atoms with Crippen molar-refractivity contribution in [2.24, 2.45) is 0 Å². The highest BCUT2D eigenvalue weighted by Crippen LogP contribution is 2.36. The average molecular weight is 307 g/mol. The normalized spacial score (nSPS) is 11.8. The minimum atomic E-state index is -4.71. The molecule has 0 saturated heterocycles. The summed E-state index contributed by atoms with van der Waals surface area (Å²) >= 11 is 0. The summed E-state index contributed by atoms with van der Waals surface area (Å²) in [7, 11) is 0. The maximum Gasteiger partial charge on any atom is 0.417 e. The van der Waals surface area contributed by atoms with Gasteiger partial charge in [-0.25, -0.2) is 9.37 Å². The highest BCUT2D eigenvalue weighted by atomic mass is 19.4. The summed E-state index contributed by atoms with van der Waals surface area (Å²) < 4.78 is 79.7. The van der Waals surface area contributed by atoms with E-state index in [4.69, 9.17) is 0 Å². The molecule has 8 heteroatoms. The molecule has 0 atom stereocenters. The van der Waals surface area contributed by atoms with Crippen LogP contribution in [0, 0.1) is 5.82 Å². The minimum Gasteiger partial charge on any atom is -0.416 e. The zero-order chi connectivity index (χ0) is 15.6. The van der Waals surface area contributed by atoms with Crippen LogP contribution in [0.15, 0.2) is 36.5 Å². The van der Waals surface area contributed by atoms with Crippen LogP contribution in [0.4, 0.5) is 26.3 Å². The minimum absolute atomic E-state index is 0.0516. The predicted octanol–water partition coefficient (Wildman–Crippen LogP) is 4.51. The second kappa shape index (κ2) is 5.63. The van der Waals surface area contributed by atoms with Gasteiger partial charge in [0.25, 0.3) is 0 Å². The Bertz CT molecular complexity index is 641. The summed E-state index contributed by atoms with van der Waals surface area (Å²) in [6.07, 6.45) is -4.33. The van der Waals surface area contributed by atoms with Crippen molar-refractivity contribution in [1.29, 1.82) is 0 Å². The van der Waals surface area contributed by atoms with Gasteiger partial charge in [0, 0.05) is 11.8 Å². The number of hydrogen-bond acceptors (Lipinski definition) is 2. The van der Waals surface area contributed by atoms with Crippen LogP contribution in [0.5, 0.6) is 5.88 Å². The molecular formula is C13H7F6NO. The maximum absolute atomic E-state index is 13.1. The summed E-state index contributed by atoms with van der Waals surface area (Å²) in [6.45, 7) is -3.26. The molecule has 0 amide bonds. The first-order valence-corrected chi connectivity index (χ1v) is 5.55. The molecular weight excluding hydrogens is 300 g/mol. The molecule has 2 rings (SSSR count). The molecule has 0 N–H and O–H groups in total. The van der Waals surface area contributed by atoms with Gasteiger partial charge in [0.15, 0.2) is 0 Å². The van der Waals surface area contributed by atoms with E-state index >= 15 is 0 Å². The summed E-state index contributed by atoms with van der Waals surface area (Å²) in [6, 6.07) is 5.04. The Kier molecular flexibility index (Phi) is 4.06. The average Bonchev–Trinajstić information content (AvgIpc) is 2.37. The van der Waals surface area contributed by atoms with Crippen molar-refractivity contribution in [1.82, 2.24) is 4.98 Å². The lowest BCUT2D eigenvalue weighted by molar-refractivity contribution is -0.137. The lowest BCUT2D eigenvalue weighted by Gasteiger charge is -2.13. The van der Waals surface area contributed by atoms with E-state index in [-0.39, 0.29) is 11.1 Å². The Balaban J connectivity index is 2.58. The second-order valence-corrected chi connectivity index (χ2v) is 3.96. The number of halogens is 6. The van der Waals surface area contributed by atoms with Crippen LogP contribution in [-0.2, 0) is 6.18 Å². The largest absolute Gasteiger partial charge is 0.417 e. The maximum atomic E-state index is 13.1. The van der Waals surface area contributed by atoms with E-state index < -0.39 is 30.0 Å². The van der Waals surface area contributed by atoms with E-state index in [9.17, 15) is 26.3 Å². The molecule has 112 valence electrons. The van der Waals surface area contributed by atoms with Gasteiger partial charge < -0.3 is 4.74 Å². The zero-order valence-electron chi connectivity index (χ0n) is 10.2. The first-order valence-electron chi connectivity index (χ1n) is 5.55. The van der Waals surface area contributed by atoms with Gasteiger partial charge in [-0.3, -0.25) is 0 Å². The molecule has 0 saturated carbocycles. The van der Waals surface area contributed by atoms with E-state index in [1.54, 1.807) is 0 Å². The molecule has 1 heterocycles. The van der Waals surface area contributed by atoms with Gasteiger partial charge >= 0.3 is 12.8 Å². The second-order valence-electron chi connectivity index (χ2n) is 3.96. The lowest BCUT2D eigenvalue weighted by atomic mass is 10.0. The fourth-order valence-electron chi connectivity index (χ4n) is 1.65. The van der Waals surface area contributed by atoms with Gasteiger partial charge in [-0.15, -0.1) is 0 Å². The molecule has 0 spiro atoms. The van der Waals surface area contributed by atoms with Crippen molar-refractivity contribution in [3.63, 3.8) is 0 Å². The molecule has 0 radical (unpaired) electrons. The van der Waals surface area contributed by atoms with Gasteiger partial charge in [0.05, 0.1) is 5.56 Å². The van der Waals surface area contributed by atoms with Gasteiger partial charge in [0.1, 0.15) is 5.82 Å². The summed E-state index contributed by atoms with van der Waals surface area (Å²) in [5.41, 5.74) is -1.57. The molecule has 0 bridgehead atoms. The van der Waals surface area contributed by atoms with Gasteiger partial charge in [-0.2, -0.15) is 22.0 Å². The van der Waals surface area contributed by atoms with Crippen LogP contribution in [0.25, 0.3) is 11.1 Å². The summed E-state index contributed by atoms with van der Waals surface area (Å²) in [5, 5.41) is 0. The molecule has 0 fully saturated rings. The molecule has 2 nitrogen and oxygen atoms in total. The van der Waals surface area contributed by atoms with Crippen molar-refractivity contribution in [2.75, 3.05) is 0 Å². The van der Waals surface area contributed by atoms with Gasteiger partial charge in [0.2, 0.25) is 5.88 Å². The molecule has 0 unspecified atom stereocenters. The SMILES string of the molecule is Fc1cccc(-c2cc(C(F)(F)F)cnc2OC(F)F)c1. The monoisotopic (exact) mass is 307 g/mol. The summed E-state index contributed by atoms with van der Waals surface area (Å²) in [5.74, 6) is -1.43. The number of aromatic nitrogens is 1. The third-order valence-electron chi connectivity index (χ3n) is 2.51. The van der Waals surface area contributed by atoms with Crippen molar-refractivity contribution in [2.45, 2.75) is 12.8 Å². The Hall–Kier alpha value is -2.25. The van der Waals surface area contributed by atoms with Crippen LogP contribution < -0.4 is 4.74 Å². The first-order chi connectivity index (χ1) is 9.77. The van der Waals surface area contributed by atoms with E-state index in [2.05, 4.69) is 9.72 Å². The first kappa shape index (κ1) is 15.1. The fourth-order valence-corrected chi connectivity index (χ4v) is 1.65. The number of rotatable bonds is 3. The third kappa shape index (κ3) is 3.65. The van der Waals surface area contributed by atoms with Crippen molar-refractivity contribution < 1.29 is 31.1 Å². The van der Waals surface area contributed by atoms with E-state index in [0.29, 0.717) is 12.3 Å². The molecule has 1 aromatic heterocycles. The van der Waals surface area contributed by atoms with Crippen molar-refractivity contribution >= 4 is 0 Å². The Morgan fingerprint density at radius 1 is 1.10 bits per heavy atom. The molecule has 1 aromatic carbocycles. The molecule has 21 heavy (non-hydrogen) atoms. The van der Waals surface area contributed by atoms with Crippen LogP contribution in [0.3, 0.4) is 0 Å². The van der Waals surface area contributed by atoms with Crippen LogP contribution >= 0.6 is 0 Å². The number of nitrogens with zero attached hydrogens (tertiary/aromatic N) is 1. The van der Waals surface area contributed by atoms with E-state index in [0.717, 1.165) is 12.1 Å². The fraction of sp³-hybridized carbons (Fsp3) is 0.154. The Morgan fingerprint density at radius 3 is 2.38 bits per heavy atom. The number of ether oxygens (including phenoxy) is 1. The number of pyridine rings is 1. The highest BCUT2D eigenvalue weighted by molar-refractivity contribution is 5.69. The quantitative estimate of drug-likeness (QED) is 0.778. The predicted molar refractivity (Wildman–Crippen MR) is 61.3 cm³/mol. The standard InChI is InChI=1S/C13H7F6NO/c14-9-3-1-2-7(4-9)10-5-8(13(17,18)19)6-20-11(10)21-12(15)16/h1-6,12H. The van der Waals surface area contributed by atoms with Gasteiger partial charge in [-0.05, 0) is 23.8 Å². The third-order valence-corrected chi connectivity index (χ3v) is 2.51. The Morgan fingerprint density at radius 2 is 1.81 bits per heavy atom. The summed E-state index contributed by atoms with van der Waals surface area (Å²) in [4.78, 5) is 3.25. The zero-order valence-corrected chi connectivity index (χ0v) is 10.2. The highest BCUT2D eigenvalue weighted by Gasteiger charge is 2.32. The van der Waals surface area contributed by atoms with Gasteiger partial charge in [-0.1, -0.05) is 12.1 Å². The smallest absolute Gasteiger partial charge is 0.416 e. The molecule has 2 aromatic rings. The topological polar surface area (TPSA) is 22.1 Å². The Labute approximate surface area is 115 Å².